The van der Waals surface area contributed by atoms with Gasteiger partial charge in [-0.05, 0) is 38.5 Å². The number of β-lactam (4-membered cyclic amide) rings is 1. The number of rotatable bonds is 4. The van der Waals surface area contributed by atoms with Crippen LogP contribution in [0.3, 0.4) is 0 Å². The van der Waals surface area contributed by atoms with Crippen molar-refractivity contribution >= 4 is 15.9 Å². The summed E-state index contributed by atoms with van der Waals surface area (Å²) in [6, 6.07) is 15.7. The van der Waals surface area contributed by atoms with Crippen molar-refractivity contribution in [2.24, 2.45) is 5.41 Å². The molecule has 0 aliphatic carbocycles. The van der Waals surface area contributed by atoms with E-state index in [2.05, 4.69) is 0 Å². The first-order chi connectivity index (χ1) is 12.2. The van der Waals surface area contributed by atoms with Crippen LogP contribution in [-0.4, -0.2) is 30.8 Å². The molecule has 0 radical (unpaired) electrons. The minimum Gasteiger partial charge on any atom is -0.362 e. The summed E-state index contributed by atoms with van der Waals surface area (Å²) in [5, 5.41) is 0. The lowest BCUT2D eigenvalue weighted by molar-refractivity contribution is -0.157. The zero-order valence-corrected chi connectivity index (χ0v) is 15.7. The molecule has 0 N–H and O–H groups in total. The molecule has 2 aliphatic rings. The summed E-state index contributed by atoms with van der Waals surface area (Å²) < 4.78 is 33.0. The number of hydrogen-bond donors (Lipinski definition) is 0. The van der Waals surface area contributed by atoms with E-state index in [-0.39, 0.29) is 23.0 Å². The monoisotopic (exact) mass is 371 g/mol. The molecule has 136 valence electrons. The first-order valence-corrected chi connectivity index (χ1v) is 10.0. The van der Waals surface area contributed by atoms with Gasteiger partial charge >= 0.3 is 0 Å². The first kappa shape index (κ1) is 17.2. The Kier molecular flexibility index (Phi) is 3.75. The van der Waals surface area contributed by atoms with Crippen LogP contribution in [0.1, 0.15) is 31.1 Å². The molecule has 2 fully saturated rings. The molecule has 2 heterocycles. The SMILES string of the molecule is Cc1ccc(S(=O)(=O)N2C(=O)C(C)(C)C2C2OC2c2ccccc2)cc1. The topological polar surface area (TPSA) is 67.0 Å². The highest BCUT2D eigenvalue weighted by Gasteiger charge is 2.67. The van der Waals surface area contributed by atoms with Gasteiger partial charge in [-0.25, -0.2) is 12.7 Å². The van der Waals surface area contributed by atoms with E-state index < -0.39 is 21.5 Å². The normalized spacial score (nSPS) is 27.1. The summed E-state index contributed by atoms with van der Waals surface area (Å²) in [7, 11) is -3.90. The Morgan fingerprint density at radius 3 is 2.23 bits per heavy atom. The summed E-state index contributed by atoms with van der Waals surface area (Å²) in [5.74, 6) is -0.384. The Balaban J connectivity index is 1.66. The quantitative estimate of drug-likeness (QED) is 0.612. The highest BCUT2D eigenvalue weighted by atomic mass is 32.2. The van der Waals surface area contributed by atoms with Gasteiger partial charge in [-0.1, -0.05) is 48.0 Å². The van der Waals surface area contributed by atoms with Gasteiger partial charge < -0.3 is 4.74 Å². The van der Waals surface area contributed by atoms with Crippen LogP contribution in [-0.2, 0) is 19.6 Å². The van der Waals surface area contributed by atoms with Crippen LogP contribution in [0.2, 0.25) is 0 Å². The van der Waals surface area contributed by atoms with E-state index >= 15 is 0 Å². The molecule has 2 aromatic carbocycles. The Morgan fingerprint density at radius 1 is 1.00 bits per heavy atom. The van der Waals surface area contributed by atoms with Gasteiger partial charge in [-0.3, -0.25) is 4.79 Å². The molecule has 2 saturated heterocycles. The predicted molar refractivity (Wildman–Crippen MR) is 96.8 cm³/mol. The fourth-order valence-corrected chi connectivity index (χ4v) is 5.51. The van der Waals surface area contributed by atoms with Crippen LogP contribution < -0.4 is 0 Å². The van der Waals surface area contributed by atoms with E-state index in [1.54, 1.807) is 38.1 Å². The Bertz CT molecular complexity index is 951. The third-order valence-corrected chi connectivity index (χ3v) is 7.06. The van der Waals surface area contributed by atoms with E-state index in [1.165, 1.54) is 0 Å². The highest BCUT2D eigenvalue weighted by molar-refractivity contribution is 7.89. The smallest absolute Gasteiger partial charge is 0.266 e. The lowest BCUT2D eigenvalue weighted by Crippen LogP contribution is -2.70. The molecule has 4 rings (SSSR count). The second-order valence-electron chi connectivity index (χ2n) is 7.52. The van der Waals surface area contributed by atoms with Crippen LogP contribution in [0.15, 0.2) is 59.5 Å². The Labute approximate surface area is 153 Å². The Morgan fingerprint density at radius 2 is 1.62 bits per heavy atom. The number of carbonyl (C=O) groups excluding carboxylic acids is 1. The van der Waals surface area contributed by atoms with Crippen LogP contribution in [0.25, 0.3) is 0 Å². The number of epoxide rings is 1. The fraction of sp³-hybridized carbons (Fsp3) is 0.350. The van der Waals surface area contributed by atoms with Crippen molar-refractivity contribution in [1.82, 2.24) is 4.31 Å². The second-order valence-corrected chi connectivity index (χ2v) is 9.33. The van der Waals surface area contributed by atoms with Gasteiger partial charge in [0.1, 0.15) is 12.2 Å². The lowest BCUT2D eigenvalue weighted by atomic mass is 9.73. The van der Waals surface area contributed by atoms with E-state index in [1.807, 2.05) is 37.3 Å². The molecule has 0 spiro atoms. The summed E-state index contributed by atoms with van der Waals surface area (Å²) in [4.78, 5) is 12.8. The molecular formula is C20H21NO4S. The Hall–Kier alpha value is -2.18. The second kappa shape index (κ2) is 5.66. The maximum absolute atomic E-state index is 13.1. The summed E-state index contributed by atoms with van der Waals surface area (Å²) in [6.45, 7) is 5.45. The highest BCUT2D eigenvalue weighted by Crippen LogP contribution is 2.54. The number of nitrogens with zero attached hydrogens (tertiary/aromatic N) is 1. The maximum atomic E-state index is 13.1. The molecule has 2 aromatic rings. The molecule has 1 amide bonds. The van der Waals surface area contributed by atoms with Gasteiger partial charge in [-0.15, -0.1) is 0 Å². The van der Waals surface area contributed by atoms with Crippen molar-refractivity contribution in [1.29, 1.82) is 0 Å². The number of ether oxygens (including phenoxy) is 1. The predicted octanol–water partition coefficient (Wildman–Crippen LogP) is 3.06. The minimum absolute atomic E-state index is 0.133. The number of sulfonamides is 1. The third kappa shape index (κ3) is 2.47. The van der Waals surface area contributed by atoms with Crippen molar-refractivity contribution in [3.63, 3.8) is 0 Å². The van der Waals surface area contributed by atoms with E-state index in [0.717, 1.165) is 15.4 Å². The number of carbonyl (C=O) groups is 1. The van der Waals surface area contributed by atoms with Crippen molar-refractivity contribution in [3.05, 3.63) is 65.7 Å². The van der Waals surface area contributed by atoms with E-state index in [9.17, 15) is 13.2 Å². The molecule has 0 saturated carbocycles. The molecule has 6 heteroatoms. The van der Waals surface area contributed by atoms with E-state index in [4.69, 9.17) is 4.74 Å². The molecule has 3 unspecified atom stereocenters. The largest absolute Gasteiger partial charge is 0.362 e. The summed E-state index contributed by atoms with van der Waals surface area (Å²) in [5.41, 5.74) is 1.19. The number of aryl methyl sites for hydroxylation is 1. The molecular weight excluding hydrogens is 350 g/mol. The molecule has 3 atom stereocenters. The van der Waals surface area contributed by atoms with Gasteiger partial charge in [-0.2, -0.15) is 0 Å². The number of amides is 1. The van der Waals surface area contributed by atoms with Crippen molar-refractivity contribution in [2.45, 2.75) is 43.9 Å². The van der Waals surface area contributed by atoms with Crippen molar-refractivity contribution in [3.8, 4) is 0 Å². The number of benzene rings is 2. The van der Waals surface area contributed by atoms with Crippen LogP contribution in [0.5, 0.6) is 0 Å². The summed E-state index contributed by atoms with van der Waals surface area (Å²) >= 11 is 0. The van der Waals surface area contributed by atoms with Crippen LogP contribution in [0.4, 0.5) is 0 Å². The molecule has 26 heavy (non-hydrogen) atoms. The molecule has 5 nitrogen and oxygen atoms in total. The fourth-order valence-electron chi connectivity index (χ4n) is 3.67. The van der Waals surface area contributed by atoms with Gasteiger partial charge in [0, 0.05) is 0 Å². The van der Waals surface area contributed by atoms with Gasteiger partial charge in [0.25, 0.3) is 10.0 Å². The zero-order valence-electron chi connectivity index (χ0n) is 14.9. The zero-order chi connectivity index (χ0) is 18.7. The molecule has 0 aromatic heterocycles. The van der Waals surface area contributed by atoms with Crippen molar-refractivity contribution in [2.75, 3.05) is 0 Å². The summed E-state index contributed by atoms with van der Waals surface area (Å²) in [6.07, 6.45) is -0.491. The van der Waals surface area contributed by atoms with Gasteiger partial charge in [0.05, 0.1) is 16.4 Å². The van der Waals surface area contributed by atoms with Crippen LogP contribution in [0, 0.1) is 12.3 Å². The third-order valence-electron chi connectivity index (χ3n) is 5.29. The van der Waals surface area contributed by atoms with Gasteiger partial charge in [0.15, 0.2) is 0 Å². The van der Waals surface area contributed by atoms with Crippen molar-refractivity contribution < 1.29 is 17.9 Å². The van der Waals surface area contributed by atoms with E-state index in [0.29, 0.717) is 0 Å². The van der Waals surface area contributed by atoms with Crippen LogP contribution >= 0.6 is 0 Å². The number of hydrogen-bond acceptors (Lipinski definition) is 4. The standard InChI is InChI=1S/C20H21NO4S/c1-13-9-11-15(12-10-13)26(23,24)21-18(20(2,3)19(21)22)17-16(25-17)14-7-5-4-6-8-14/h4-12,16-18H,1-3H3. The lowest BCUT2D eigenvalue weighted by Gasteiger charge is -2.51. The van der Waals surface area contributed by atoms with Gasteiger partial charge in [0.2, 0.25) is 5.91 Å². The molecule has 2 aliphatic heterocycles. The first-order valence-electron chi connectivity index (χ1n) is 8.60. The average molecular weight is 371 g/mol. The minimum atomic E-state index is -3.90. The maximum Gasteiger partial charge on any atom is 0.266 e. The average Bonchev–Trinajstić information content (AvgIpc) is 3.39. The molecule has 0 bridgehead atoms.